The number of thiophene rings is 1. The zero-order chi connectivity index (χ0) is 13.4. The summed E-state index contributed by atoms with van der Waals surface area (Å²) in [5.74, 6) is 0.531. The van der Waals surface area contributed by atoms with E-state index in [0.717, 1.165) is 21.7 Å². The van der Waals surface area contributed by atoms with Crippen LogP contribution in [0.4, 0.5) is 4.39 Å². The van der Waals surface area contributed by atoms with Gasteiger partial charge in [0.15, 0.2) is 0 Å². The summed E-state index contributed by atoms with van der Waals surface area (Å²) < 4.78 is 15.3. The fraction of sp³-hybridized carbons (Fsp3) is 0.214. The van der Waals surface area contributed by atoms with Crippen LogP contribution in [-0.4, -0.2) is 9.55 Å². The number of aromatic nitrogens is 2. The molecular weight excluding hydrogens is 261 g/mol. The molecule has 0 bridgehead atoms. The van der Waals surface area contributed by atoms with Crippen molar-refractivity contribution in [3.05, 3.63) is 52.2 Å². The van der Waals surface area contributed by atoms with E-state index in [1.807, 2.05) is 29.0 Å². The maximum absolute atomic E-state index is 13.4. The first-order valence-electron chi connectivity index (χ1n) is 6.15. The Balaban J connectivity index is 2.18. The third-order valence-electron chi connectivity index (χ3n) is 3.18. The molecule has 3 nitrogen and oxygen atoms in total. The zero-order valence-electron chi connectivity index (χ0n) is 10.5. The van der Waals surface area contributed by atoms with E-state index < -0.39 is 0 Å². The van der Waals surface area contributed by atoms with Crippen LogP contribution in [0.15, 0.2) is 35.7 Å². The number of benzene rings is 1. The van der Waals surface area contributed by atoms with Crippen molar-refractivity contribution in [2.45, 2.75) is 19.5 Å². The molecule has 0 radical (unpaired) electrons. The number of nitrogens with two attached hydrogens (primary N) is 1. The number of fused-ring (bicyclic) bond motifs is 1. The molecule has 2 aromatic heterocycles. The average molecular weight is 275 g/mol. The van der Waals surface area contributed by atoms with Crippen LogP contribution in [0.5, 0.6) is 0 Å². The van der Waals surface area contributed by atoms with Gasteiger partial charge in [-0.25, -0.2) is 9.37 Å². The lowest BCUT2D eigenvalue weighted by Gasteiger charge is -2.11. The smallest absolute Gasteiger partial charge is 0.132 e. The van der Waals surface area contributed by atoms with Crippen LogP contribution in [0.2, 0.25) is 0 Å². The lowest BCUT2D eigenvalue weighted by molar-refractivity contribution is 0.626. The Morgan fingerprint density at radius 2 is 2.26 bits per heavy atom. The van der Waals surface area contributed by atoms with Gasteiger partial charge in [0.2, 0.25) is 0 Å². The van der Waals surface area contributed by atoms with Crippen molar-refractivity contribution in [2.75, 3.05) is 0 Å². The zero-order valence-corrected chi connectivity index (χ0v) is 11.3. The van der Waals surface area contributed by atoms with Gasteiger partial charge in [0.25, 0.3) is 0 Å². The molecule has 2 heterocycles. The number of imidazole rings is 1. The van der Waals surface area contributed by atoms with E-state index in [2.05, 4.69) is 4.98 Å². The Morgan fingerprint density at radius 3 is 2.95 bits per heavy atom. The molecule has 3 aromatic rings. The second-order valence-corrected chi connectivity index (χ2v) is 5.32. The Morgan fingerprint density at radius 1 is 1.42 bits per heavy atom. The van der Waals surface area contributed by atoms with Gasteiger partial charge in [0.1, 0.15) is 11.6 Å². The van der Waals surface area contributed by atoms with Crippen LogP contribution in [0.25, 0.3) is 11.0 Å². The molecule has 0 fully saturated rings. The summed E-state index contributed by atoms with van der Waals surface area (Å²) in [7, 11) is 0. The van der Waals surface area contributed by atoms with E-state index in [0.29, 0.717) is 6.54 Å². The van der Waals surface area contributed by atoms with E-state index in [4.69, 9.17) is 5.73 Å². The van der Waals surface area contributed by atoms with Crippen molar-refractivity contribution in [2.24, 2.45) is 5.73 Å². The number of halogens is 1. The largest absolute Gasteiger partial charge is 0.327 e. The molecule has 5 heteroatoms. The summed E-state index contributed by atoms with van der Waals surface area (Å²) in [6, 6.07) is 8.33. The van der Waals surface area contributed by atoms with Gasteiger partial charge in [-0.1, -0.05) is 6.07 Å². The molecule has 1 atom stereocenters. The summed E-state index contributed by atoms with van der Waals surface area (Å²) in [6.07, 6.45) is 0. The standard InChI is InChI=1S/C14H14FN3S/c1-2-18-11-8-9(15)5-6-10(11)17-14(18)13(16)12-4-3-7-19-12/h3-8,13H,2,16H2,1H3. The lowest BCUT2D eigenvalue weighted by Crippen LogP contribution is -2.16. The van der Waals surface area contributed by atoms with Crippen molar-refractivity contribution in [3.63, 3.8) is 0 Å². The summed E-state index contributed by atoms with van der Waals surface area (Å²) in [5, 5.41) is 1.99. The van der Waals surface area contributed by atoms with E-state index in [1.54, 1.807) is 17.4 Å². The molecular formula is C14H14FN3S. The molecule has 1 unspecified atom stereocenters. The fourth-order valence-electron chi connectivity index (χ4n) is 2.28. The van der Waals surface area contributed by atoms with Crippen LogP contribution < -0.4 is 5.73 Å². The van der Waals surface area contributed by atoms with E-state index in [-0.39, 0.29) is 11.9 Å². The third kappa shape index (κ3) is 2.05. The van der Waals surface area contributed by atoms with Gasteiger partial charge in [-0.15, -0.1) is 11.3 Å². The molecule has 3 rings (SSSR count). The van der Waals surface area contributed by atoms with Crippen LogP contribution in [0.1, 0.15) is 23.7 Å². The predicted molar refractivity (Wildman–Crippen MR) is 75.7 cm³/mol. The monoisotopic (exact) mass is 275 g/mol. The molecule has 0 saturated carbocycles. The molecule has 0 amide bonds. The highest BCUT2D eigenvalue weighted by Gasteiger charge is 2.18. The second-order valence-electron chi connectivity index (χ2n) is 4.34. The quantitative estimate of drug-likeness (QED) is 0.797. The molecule has 0 aliphatic rings. The average Bonchev–Trinajstić information content (AvgIpc) is 3.04. The molecule has 0 aliphatic heterocycles. The van der Waals surface area contributed by atoms with Crippen LogP contribution >= 0.6 is 11.3 Å². The minimum Gasteiger partial charge on any atom is -0.327 e. The van der Waals surface area contributed by atoms with Gasteiger partial charge in [0.05, 0.1) is 17.1 Å². The minimum absolute atomic E-state index is 0.252. The predicted octanol–water partition coefficient (Wildman–Crippen LogP) is 3.30. The number of nitrogens with zero attached hydrogens (tertiary/aromatic N) is 2. The topological polar surface area (TPSA) is 43.8 Å². The first kappa shape index (κ1) is 12.3. The minimum atomic E-state index is -0.268. The summed E-state index contributed by atoms with van der Waals surface area (Å²) in [6.45, 7) is 2.73. The van der Waals surface area contributed by atoms with Crippen LogP contribution in [-0.2, 0) is 6.54 Å². The van der Waals surface area contributed by atoms with Gasteiger partial charge in [-0.3, -0.25) is 0 Å². The molecule has 0 saturated heterocycles. The van der Waals surface area contributed by atoms with Crippen molar-refractivity contribution < 1.29 is 4.39 Å². The highest BCUT2D eigenvalue weighted by Crippen LogP contribution is 2.27. The van der Waals surface area contributed by atoms with Crippen molar-refractivity contribution in [3.8, 4) is 0 Å². The van der Waals surface area contributed by atoms with Gasteiger partial charge in [-0.05, 0) is 36.6 Å². The van der Waals surface area contributed by atoms with Crippen molar-refractivity contribution in [1.29, 1.82) is 0 Å². The highest BCUT2D eigenvalue weighted by atomic mass is 32.1. The number of rotatable bonds is 3. The maximum Gasteiger partial charge on any atom is 0.132 e. The Hall–Kier alpha value is -1.72. The SMILES string of the molecule is CCn1c(C(N)c2cccs2)nc2ccc(F)cc21. The highest BCUT2D eigenvalue weighted by molar-refractivity contribution is 7.10. The molecule has 0 aliphatic carbocycles. The second kappa shape index (κ2) is 4.75. The molecule has 2 N–H and O–H groups in total. The lowest BCUT2D eigenvalue weighted by atomic mass is 10.2. The normalized spacial score (nSPS) is 13.0. The maximum atomic E-state index is 13.4. The first-order valence-corrected chi connectivity index (χ1v) is 7.03. The van der Waals surface area contributed by atoms with Crippen LogP contribution in [0.3, 0.4) is 0 Å². The molecule has 1 aromatic carbocycles. The van der Waals surface area contributed by atoms with Crippen molar-refractivity contribution in [1.82, 2.24) is 9.55 Å². The number of hydrogen-bond acceptors (Lipinski definition) is 3. The summed E-state index contributed by atoms with van der Waals surface area (Å²) in [5.41, 5.74) is 7.85. The number of aryl methyl sites for hydroxylation is 1. The Bertz CT molecular complexity index is 703. The third-order valence-corrected chi connectivity index (χ3v) is 4.14. The Kier molecular flexibility index (Phi) is 3.08. The van der Waals surface area contributed by atoms with Gasteiger partial charge >= 0.3 is 0 Å². The van der Waals surface area contributed by atoms with E-state index in [9.17, 15) is 4.39 Å². The van der Waals surface area contributed by atoms with Gasteiger partial charge < -0.3 is 10.3 Å². The van der Waals surface area contributed by atoms with Gasteiger partial charge in [0, 0.05) is 11.4 Å². The number of hydrogen-bond donors (Lipinski definition) is 1. The van der Waals surface area contributed by atoms with E-state index in [1.165, 1.54) is 12.1 Å². The summed E-state index contributed by atoms with van der Waals surface area (Å²) >= 11 is 1.61. The summed E-state index contributed by atoms with van der Waals surface area (Å²) in [4.78, 5) is 5.62. The van der Waals surface area contributed by atoms with Crippen LogP contribution in [0, 0.1) is 5.82 Å². The molecule has 19 heavy (non-hydrogen) atoms. The van der Waals surface area contributed by atoms with Gasteiger partial charge in [-0.2, -0.15) is 0 Å². The Labute approximate surface area is 114 Å². The molecule has 0 spiro atoms. The first-order chi connectivity index (χ1) is 9.20. The molecule has 98 valence electrons. The fourth-order valence-corrected chi connectivity index (χ4v) is 3.00. The van der Waals surface area contributed by atoms with Crippen molar-refractivity contribution >= 4 is 22.4 Å². The van der Waals surface area contributed by atoms with E-state index >= 15 is 0 Å².